The van der Waals surface area contributed by atoms with Crippen LogP contribution >= 0.6 is 0 Å². The van der Waals surface area contributed by atoms with Gasteiger partial charge in [0, 0.05) is 18.5 Å². The van der Waals surface area contributed by atoms with Gasteiger partial charge in [0.05, 0.1) is 0 Å². The fourth-order valence-corrected chi connectivity index (χ4v) is 1.86. The number of aliphatic carboxylic acids is 1. The summed E-state index contributed by atoms with van der Waals surface area (Å²) in [6.45, 7) is 6.65. The minimum absolute atomic E-state index is 0.109. The second kappa shape index (κ2) is 7.68. The fraction of sp³-hybridized carbons (Fsp3) is 0.500. The molecule has 0 radical (unpaired) electrons. The van der Waals surface area contributed by atoms with E-state index in [-0.39, 0.29) is 18.2 Å². The summed E-state index contributed by atoms with van der Waals surface area (Å²) in [4.78, 5) is 22.4. The average Bonchev–Trinajstić information content (AvgIpc) is 2.42. The highest BCUT2D eigenvalue weighted by atomic mass is 16.4. The molecule has 4 heteroatoms. The molecular weight excluding hydrogens is 254 g/mol. The van der Waals surface area contributed by atoms with Crippen molar-refractivity contribution < 1.29 is 14.7 Å². The summed E-state index contributed by atoms with van der Waals surface area (Å²) in [6, 6.07) is 7.58. The first kappa shape index (κ1) is 16.2. The summed E-state index contributed by atoms with van der Waals surface area (Å²) < 4.78 is 0. The van der Waals surface area contributed by atoms with Gasteiger partial charge in [-0.1, -0.05) is 32.9 Å². The predicted molar refractivity (Wildman–Crippen MR) is 78.9 cm³/mol. The lowest BCUT2D eigenvalue weighted by atomic mass is 10.0. The number of benzene rings is 1. The first-order chi connectivity index (χ1) is 9.40. The third kappa shape index (κ3) is 5.43. The molecule has 1 unspecified atom stereocenters. The summed E-state index contributed by atoms with van der Waals surface area (Å²) in [5.41, 5.74) is 1.84. The number of carboxylic acid groups (broad SMARTS) is 1. The molecule has 20 heavy (non-hydrogen) atoms. The number of hydrogen-bond acceptors (Lipinski definition) is 2. The van der Waals surface area contributed by atoms with Crippen LogP contribution in [0.2, 0.25) is 0 Å². The van der Waals surface area contributed by atoms with Gasteiger partial charge in [-0.05, 0) is 36.0 Å². The van der Waals surface area contributed by atoms with Gasteiger partial charge in [-0.3, -0.25) is 9.59 Å². The SMILES string of the molecule is CC(CCC(=O)O)CNC(=O)c1ccc(C(C)C)cc1. The fourth-order valence-electron chi connectivity index (χ4n) is 1.86. The van der Waals surface area contributed by atoms with Crippen LogP contribution in [0.25, 0.3) is 0 Å². The van der Waals surface area contributed by atoms with Gasteiger partial charge in [0.15, 0.2) is 0 Å². The van der Waals surface area contributed by atoms with Crippen LogP contribution < -0.4 is 5.32 Å². The lowest BCUT2D eigenvalue weighted by Gasteiger charge is -2.12. The minimum Gasteiger partial charge on any atom is -0.481 e. The second-order valence-electron chi connectivity index (χ2n) is 5.52. The Kier molecular flexibility index (Phi) is 6.22. The molecule has 1 aromatic carbocycles. The Morgan fingerprint density at radius 2 is 1.75 bits per heavy atom. The van der Waals surface area contributed by atoms with E-state index < -0.39 is 5.97 Å². The van der Waals surface area contributed by atoms with Crippen LogP contribution in [0.4, 0.5) is 0 Å². The molecule has 0 spiro atoms. The van der Waals surface area contributed by atoms with Crippen LogP contribution in [0.1, 0.15) is 55.5 Å². The van der Waals surface area contributed by atoms with Gasteiger partial charge in [0.2, 0.25) is 0 Å². The van der Waals surface area contributed by atoms with E-state index in [1.807, 2.05) is 31.2 Å². The first-order valence-corrected chi connectivity index (χ1v) is 7.00. The predicted octanol–water partition coefficient (Wildman–Crippen LogP) is 3.04. The zero-order chi connectivity index (χ0) is 15.1. The van der Waals surface area contributed by atoms with Gasteiger partial charge < -0.3 is 10.4 Å². The van der Waals surface area contributed by atoms with Gasteiger partial charge in [-0.2, -0.15) is 0 Å². The third-order valence-electron chi connectivity index (χ3n) is 3.30. The smallest absolute Gasteiger partial charge is 0.303 e. The van der Waals surface area contributed by atoms with Crippen molar-refractivity contribution in [3.63, 3.8) is 0 Å². The van der Waals surface area contributed by atoms with E-state index in [9.17, 15) is 9.59 Å². The Morgan fingerprint density at radius 1 is 1.15 bits per heavy atom. The Balaban J connectivity index is 2.44. The zero-order valence-electron chi connectivity index (χ0n) is 12.3. The molecule has 0 aromatic heterocycles. The number of hydrogen-bond donors (Lipinski definition) is 2. The van der Waals surface area contributed by atoms with E-state index in [1.54, 1.807) is 0 Å². The number of carboxylic acids is 1. The molecule has 0 fully saturated rings. The molecule has 1 aromatic rings. The molecule has 4 nitrogen and oxygen atoms in total. The van der Waals surface area contributed by atoms with Crippen molar-refractivity contribution in [1.82, 2.24) is 5.32 Å². The molecule has 1 amide bonds. The number of carbonyl (C=O) groups excluding carboxylic acids is 1. The van der Waals surface area contributed by atoms with Crippen molar-refractivity contribution in [1.29, 1.82) is 0 Å². The summed E-state index contributed by atoms with van der Waals surface area (Å²) in [7, 11) is 0. The maximum absolute atomic E-state index is 11.9. The van der Waals surface area contributed by atoms with E-state index in [2.05, 4.69) is 19.2 Å². The molecule has 0 aliphatic rings. The Bertz CT molecular complexity index is 451. The average molecular weight is 277 g/mol. The molecule has 0 saturated carbocycles. The third-order valence-corrected chi connectivity index (χ3v) is 3.30. The molecule has 1 rings (SSSR count). The summed E-state index contributed by atoms with van der Waals surface area (Å²) in [5, 5.41) is 11.4. The van der Waals surface area contributed by atoms with Gasteiger partial charge in [-0.25, -0.2) is 0 Å². The van der Waals surface area contributed by atoms with E-state index in [4.69, 9.17) is 5.11 Å². The topological polar surface area (TPSA) is 66.4 Å². The highest BCUT2D eigenvalue weighted by Gasteiger charge is 2.09. The Morgan fingerprint density at radius 3 is 2.25 bits per heavy atom. The van der Waals surface area contributed by atoms with Crippen LogP contribution in [0.3, 0.4) is 0 Å². The van der Waals surface area contributed by atoms with Crippen molar-refractivity contribution in [2.24, 2.45) is 5.92 Å². The summed E-state index contributed by atoms with van der Waals surface area (Å²) in [5.74, 6) is -0.303. The van der Waals surface area contributed by atoms with E-state index in [1.165, 1.54) is 5.56 Å². The number of carbonyl (C=O) groups is 2. The molecule has 0 heterocycles. The summed E-state index contributed by atoms with van der Waals surface area (Å²) >= 11 is 0. The Labute approximate surface area is 120 Å². The number of amides is 1. The van der Waals surface area contributed by atoms with E-state index >= 15 is 0 Å². The molecule has 0 saturated heterocycles. The van der Waals surface area contributed by atoms with Crippen molar-refractivity contribution in [3.8, 4) is 0 Å². The van der Waals surface area contributed by atoms with Crippen LogP contribution in [0.15, 0.2) is 24.3 Å². The monoisotopic (exact) mass is 277 g/mol. The Hall–Kier alpha value is -1.84. The quantitative estimate of drug-likeness (QED) is 0.805. The lowest BCUT2D eigenvalue weighted by molar-refractivity contribution is -0.137. The van der Waals surface area contributed by atoms with Gasteiger partial charge in [-0.15, -0.1) is 0 Å². The molecule has 0 aliphatic heterocycles. The second-order valence-corrected chi connectivity index (χ2v) is 5.52. The lowest BCUT2D eigenvalue weighted by Crippen LogP contribution is -2.28. The maximum atomic E-state index is 11.9. The van der Waals surface area contributed by atoms with Crippen molar-refractivity contribution >= 4 is 11.9 Å². The van der Waals surface area contributed by atoms with Gasteiger partial charge >= 0.3 is 5.97 Å². The van der Waals surface area contributed by atoms with Crippen LogP contribution in [0, 0.1) is 5.92 Å². The van der Waals surface area contributed by atoms with Crippen LogP contribution in [-0.4, -0.2) is 23.5 Å². The van der Waals surface area contributed by atoms with Crippen molar-refractivity contribution in [2.45, 2.75) is 39.5 Å². The molecule has 0 bridgehead atoms. The van der Waals surface area contributed by atoms with Crippen LogP contribution in [0.5, 0.6) is 0 Å². The molecule has 0 aliphatic carbocycles. The van der Waals surface area contributed by atoms with Crippen molar-refractivity contribution in [2.75, 3.05) is 6.54 Å². The number of nitrogens with one attached hydrogen (secondary N) is 1. The zero-order valence-corrected chi connectivity index (χ0v) is 12.3. The standard InChI is InChI=1S/C16H23NO3/c1-11(2)13-5-7-14(8-6-13)16(20)17-10-12(3)4-9-15(18)19/h5-8,11-12H,4,9-10H2,1-3H3,(H,17,20)(H,18,19). The first-order valence-electron chi connectivity index (χ1n) is 7.00. The van der Waals surface area contributed by atoms with E-state index in [0.717, 1.165) is 0 Å². The highest BCUT2D eigenvalue weighted by Crippen LogP contribution is 2.14. The molecular formula is C16H23NO3. The summed E-state index contributed by atoms with van der Waals surface area (Å²) in [6.07, 6.45) is 0.710. The maximum Gasteiger partial charge on any atom is 0.303 e. The van der Waals surface area contributed by atoms with Gasteiger partial charge in [0.25, 0.3) is 5.91 Å². The van der Waals surface area contributed by atoms with E-state index in [0.29, 0.717) is 24.4 Å². The molecule has 110 valence electrons. The normalized spacial score (nSPS) is 12.2. The number of rotatable bonds is 7. The largest absolute Gasteiger partial charge is 0.481 e. The van der Waals surface area contributed by atoms with Crippen LogP contribution in [-0.2, 0) is 4.79 Å². The minimum atomic E-state index is -0.799. The molecule has 2 N–H and O–H groups in total. The van der Waals surface area contributed by atoms with Crippen molar-refractivity contribution in [3.05, 3.63) is 35.4 Å². The molecule has 1 atom stereocenters. The highest BCUT2D eigenvalue weighted by molar-refractivity contribution is 5.94. The van der Waals surface area contributed by atoms with Gasteiger partial charge in [0.1, 0.15) is 0 Å².